The Morgan fingerprint density at radius 1 is 0.344 bits per heavy atom. The lowest BCUT2D eigenvalue weighted by molar-refractivity contribution is 0.563. The van der Waals surface area contributed by atoms with E-state index >= 15 is 0 Å². The maximum atomic E-state index is 6.38. The zero-order valence-electron chi connectivity index (χ0n) is 34.1. The number of para-hydroxylation sites is 3. The molecule has 2 aliphatic carbocycles. The summed E-state index contributed by atoms with van der Waals surface area (Å²) in [6.45, 7) is 4.76. The molecule has 0 fully saturated rings. The quantitative estimate of drug-likeness (QED) is 0.167. The standard InChI is InChI=1S/C58H42N2O/c1-57(2)48-25-12-14-27-50(48)58(51-28-15-13-26-49(51)57)47-24-11-9-23-45(47)56-52(58)29-17-30-53(56)60(43-36-37-55-46(38-43)44-22-10-16-31-54(44)61-55)42-34-32-41(33-35-42)59(39-18-5-3-6-19-39)40-20-7-4-8-21-40/h3-38H,1-2H3. The highest BCUT2D eigenvalue weighted by atomic mass is 16.3. The molecule has 1 spiro atoms. The van der Waals surface area contributed by atoms with Crippen LogP contribution in [0.25, 0.3) is 33.1 Å². The van der Waals surface area contributed by atoms with Gasteiger partial charge in [0.25, 0.3) is 0 Å². The Kier molecular flexibility index (Phi) is 7.79. The van der Waals surface area contributed by atoms with Crippen molar-refractivity contribution >= 4 is 56.1 Å². The fourth-order valence-corrected chi connectivity index (χ4v) is 10.7. The molecule has 0 saturated heterocycles. The van der Waals surface area contributed by atoms with Gasteiger partial charge in [0.05, 0.1) is 11.1 Å². The highest BCUT2D eigenvalue weighted by Crippen LogP contribution is 2.64. The summed E-state index contributed by atoms with van der Waals surface area (Å²) in [7, 11) is 0. The van der Waals surface area contributed by atoms with E-state index in [1.54, 1.807) is 0 Å². The van der Waals surface area contributed by atoms with Crippen LogP contribution in [0.5, 0.6) is 0 Å². The van der Waals surface area contributed by atoms with E-state index in [1.807, 2.05) is 6.07 Å². The number of hydrogen-bond acceptors (Lipinski definition) is 3. The molecule has 0 saturated carbocycles. The van der Waals surface area contributed by atoms with Crippen molar-refractivity contribution in [2.45, 2.75) is 24.7 Å². The molecule has 9 aromatic carbocycles. The van der Waals surface area contributed by atoms with E-state index in [-0.39, 0.29) is 5.41 Å². The summed E-state index contributed by atoms with van der Waals surface area (Å²) in [6.07, 6.45) is 0. The highest BCUT2D eigenvalue weighted by Gasteiger charge is 2.53. The molecule has 0 N–H and O–H groups in total. The maximum absolute atomic E-state index is 6.38. The minimum Gasteiger partial charge on any atom is -0.456 e. The van der Waals surface area contributed by atoms with Gasteiger partial charge in [0.15, 0.2) is 0 Å². The first-order valence-electron chi connectivity index (χ1n) is 21.2. The van der Waals surface area contributed by atoms with Crippen molar-refractivity contribution in [1.29, 1.82) is 0 Å². The van der Waals surface area contributed by atoms with Crippen molar-refractivity contribution in [3.05, 3.63) is 252 Å². The average Bonchev–Trinajstić information content (AvgIpc) is 3.84. The first-order valence-corrected chi connectivity index (χ1v) is 21.2. The van der Waals surface area contributed by atoms with Crippen LogP contribution in [0.2, 0.25) is 0 Å². The van der Waals surface area contributed by atoms with Gasteiger partial charge in [-0.3, -0.25) is 0 Å². The van der Waals surface area contributed by atoms with Gasteiger partial charge >= 0.3 is 0 Å². The van der Waals surface area contributed by atoms with Crippen LogP contribution in [0.15, 0.2) is 223 Å². The molecule has 290 valence electrons. The van der Waals surface area contributed by atoms with Gasteiger partial charge in [-0.2, -0.15) is 0 Å². The number of nitrogens with zero attached hydrogens (tertiary/aromatic N) is 2. The molecule has 61 heavy (non-hydrogen) atoms. The summed E-state index contributed by atoms with van der Waals surface area (Å²) >= 11 is 0. The first kappa shape index (κ1) is 35.3. The van der Waals surface area contributed by atoms with Crippen molar-refractivity contribution in [3.8, 4) is 11.1 Å². The number of rotatable bonds is 6. The van der Waals surface area contributed by atoms with E-state index in [2.05, 4.69) is 236 Å². The van der Waals surface area contributed by atoms with Crippen LogP contribution < -0.4 is 9.80 Å². The molecule has 0 atom stereocenters. The predicted molar refractivity (Wildman–Crippen MR) is 253 cm³/mol. The summed E-state index contributed by atoms with van der Waals surface area (Å²) in [5.41, 5.74) is 18.2. The van der Waals surface area contributed by atoms with E-state index in [4.69, 9.17) is 4.42 Å². The second-order valence-corrected chi connectivity index (χ2v) is 16.8. The normalized spacial score (nSPS) is 14.0. The van der Waals surface area contributed by atoms with Crippen molar-refractivity contribution in [2.24, 2.45) is 0 Å². The molecule has 2 aliphatic rings. The Morgan fingerprint density at radius 2 is 0.820 bits per heavy atom. The zero-order valence-corrected chi connectivity index (χ0v) is 34.1. The Morgan fingerprint density at radius 3 is 1.48 bits per heavy atom. The topological polar surface area (TPSA) is 19.6 Å². The minimum absolute atomic E-state index is 0.169. The zero-order chi connectivity index (χ0) is 40.7. The van der Waals surface area contributed by atoms with Crippen molar-refractivity contribution in [1.82, 2.24) is 0 Å². The molecule has 1 aromatic heterocycles. The lowest BCUT2D eigenvalue weighted by atomic mass is 9.55. The molecule has 3 heteroatoms. The van der Waals surface area contributed by atoms with E-state index < -0.39 is 5.41 Å². The fraction of sp³-hybridized carbons (Fsp3) is 0.0690. The van der Waals surface area contributed by atoms with E-state index in [0.717, 1.165) is 56.1 Å². The van der Waals surface area contributed by atoms with Crippen LogP contribution >= 0.6 is 0 Å². The van der Waals surface area contributed by atoms with E-state index in [9.17, 15) is 0 Å². The molecule has 0 bridgehead atoms. The van der Waals surface area contributed by atoms with Crippen LogP contribution in [0.4, 0.5) is 34.1 Å². The van der Waals surface area contributed by atoms with Gasteiger partial charge in [0.1, 0.15) is 11.2 Å². The molecule has 1 heterocycles. The summed E-state index contributed by atoms with van der Waals surface area (Å²) in [5, 5.41) is 2.20. The van der Waals surface area contributed by atoms with Gasteiger partial charge in [0.2, 0.25) is 0 Å². The Balaban J connectivity index is 1.12. The van der Waals surface area contributed by atoms with Crippen LogP contribution in [0.3, 0.4) is 0 Å². The van der Waals surface area contributed by atoms with Crippen LogP contribution in [-0.4, -0.2) is 0 Å². The number of furan rings is 1. The highest BCUT2D eigenvalue weighted by molar-refractivity contribution is 6.07. The third-order valence-electron chi connectivity index (χ3n) is 13.3. The van der Waals surface area contributed by atoms with Crippen molar-refractivity contribution in [2.75, 3.05) is 9.80 Å². The number of anilines is 6. The molecule has 0 amide bonds. The van der Waals surface area contributed by atoms with Crippen LogP contribution in [0.1, 0.15) is 47.2 Å². The average molecular weight is 783 g/mol. The van der Waals surface area contributed by atoms with Gasteiger partial charge < -0.3 is 14.2 Å². The van der Waals surface area contributed by atoms with Gasteiger partial charge in [-0.1, -0.05) is 153 Å². The number of fused-ring (bicyclic) bond motifs is 12. The third-order valence-corrected chi connectivity index (χ3v) is 13.3. The van der Waals surface area contributed by atoms with Gasteiger partial charge in [-0.05, 0) is 118 Å². The third kappa shape index (κ3) is 5.10. The van der Waals surface area contributed by atoms with E-state index in [1.165, 1.54) is 44.5 Å². The predicted octanol–water partition coefficient (Wildman–Crippen LogP) is 15.5. The lowest BCUT2D eigenvalue weighted by Crippen LogP contribution is -2.40. The Bertz CT molecular complexity index is 3200. The molecular weight excluding hydrogens is 741 g/mol. The van der Waals surface area contributed by atoms with Crippen molar-refractivity contribution in [3.63, 3.8) is 0 Å². The number of hydrogen-bond donors (Lipinski definition) is 0. The minimum atomic E-state index is -0.503. The monoisotopic (exact) mass is 782 g/mol. The number of benzene rings is 9. The lowest BCUT2D eigenvalue weighted by Gasteiger charge is -2.46. The van der Waals surface area contributed by atoms with Crippen LogP contribution in [0, 0.1) is 0 Å². The smallest absolute Gasteiger partial charge is 0.135 e. The van der Waals surface area contributed by atoms with Crippen LogP contribution in [-0.2, 0) is 10.8 Å². The Labute approximate surface area is 356 Å². The van der Waals surface area contributed by atoms with Crippen molar-refractivity contribution < 1.29 is 4.42 Å². The maximum Gasteiger partial charge on any atom is 0.135 e. The summed E-state index contributed by atoms with van der Waals surface area (Å²) in [4.78, 5) is 4.77. The molecule has 12 rings (SSSR count). The Hall–Kier alpha value is -7.62. The molecular formula is C58H42N2O. The largest absolute Gasteiger partial charge is 0.456 e. The summed E-state index contributed by atoms with van der Waals surface area (Å²) in [6, 6.07) is 79.7. The first-order chi connectivity index (χ1) is 30.0. The second-order valence-electron chi connectivity index (χ2n) is 16.8. The molecule has 0 radical (unpaired) electrons. The van der Waals surface area contributed by atoms with Gasteiger partial charge in [-0.25, -0.2) is 0 Å². The molecule has 3 nitrogen and oxygen atoms in total. The summed E-state index contributed by atoms with van der Waals surface area (Å²) in [5.74, 6) is 0. The van der Waals surface area contributed by atoms with Gasteiger partial charge in [0, 0.05) is 50.2 Å². The molecule has 10 aromatic rings. The fourth-order valence-electron chi connectivity index (χ4n) is 10.7. The summed E-state index contributed by atoms with van der Waals surface area (Å²) < 4.78 is 6.38. The molecule has 0 unspecified atom stereocenters. The SMILES string of the molecule is CC1(C)c2ccccc2C2(c3ccccc3-c3c(N(c4ccc(N(c5ccccc5)c5ccccc5)cc4)c4ccc5oc6ccccc6c5c4)cccc32)c2ccccc21. The second kappa shape index (κ2) is 13.5. The van der Waals surface area contributed by atoms with Gasteiger partial charge in [-0.15, -0.1) is 0 Å². The molecule has 0 aliphatic heterocycles. The van der Waals surface area contributed by atoms with E-state index in [0.29, 0.717) is 0 Å².